The maximum Gasteiger partial charge on any atom is 0.417 e. The number of ketones is 1. The molecular formula is C9H6ClF3O2. The molecule has 0 heterocycles. The Balaban J connectivity index is 3.55. The molecule has 0 aliphatic heterocycles. The van der Waals surface area contributed by atoms with Crippen molar-refractivity contribution in [3.05, 3.63) is 28.3 Å². The Hall–Kier alpha value is -1.23. The summed E-state index contributed by atoms with van der Waals surface area (Å²) in [5.41, 5.74) is -1.85. The summed E-state index contributed by atoms with van der Waals surface area (Å²) in [7, 11) is 0. The number of phenols is 1. The highest BCUT2D eigenvalue weighted by Crippen LogP contribution is 2.38. The monoisotopic (exact) mass is 238 g/mol. The minimum absolute atomic E-state index is 0.546. The van der Waals surface area contributed by atoms with Crippen LogP contribution in [0, 0.1) is 0 Å². The average Bonchev–Trinajstić information content (AvgIpc) is 2.06. The molecule has 0 aliphatic rings. The first kappa shape index (κ1) is 11.8. The zero-order valence-electron chi connectivity index (χ0n) is 7.52. The van der Waals surface area contributed by atoms with Crippen molar-refractivity contribution in [1.82, 2.24) is 0 Å². The lowest BCUT2D eigenvalue weighted by Crippen LogP contribution is -2.12. The Kier molecular flexibility index (Phi) is 2.95. The van der Waals surface area contributed by atoms with Crippen molar-refractivity contribution < 1.29 is 23.1 Å². The zero-order chi connectivity index (χ0) is 11.8. The lowest BCUT2D eigenvalue weighted by atomic mass is 10.0. The van der Waals surface area contributed by atoms with Gasteiger partial charge in [0.15, 0.2) is 5.78 Å². The molecule has 1 rings (SSSR count). The highest BCUT2D eigenvalue weighted by molar-refractivity contribution is 6.35. The Morgan fingerprint density at radius 3 is 2.33 bits per heavy atom. The fraction of sp³-hybridized carbons (Fsp3) is 0.222. The number of Topliss-reactive ketones (excluding diaryl/α,β-unsaturated/α-hetero) is 1. The van der Waals surface area contributed by atoms with Gasteiger partial charge in [-0.05, 0) is 19.1 Å². The lowest BCUT2D eigenvalue weighted by molar-refractivity contribution is -0.137. The third-order valence-electron chi connectivity index (χ3n) is 1.78. The molecule has 0 atom stereocenters. The van der Waals surface area contributed by atoms with Crippen LogP contribution in [-0.2, 0) is 6.18 Å². The number of carbonyl (C=O) groups is 1. The summed E-state index contributed by atoms with van der Waals surface area (Å²) in [5.74, 6) is -1.39. The molecule has 0 aliphatic carbocycles. The van der Waals surface area contributed by atoms with Gasteiger partial charge >= 0.3 is 6.18 Å². The van der Waals surface area contributed by atoms with Crippen LogP contribution in [-0.4, -0.2) is 10.9 Å². The van der Waals surface area contributed by atoms with Crippen LogP contribution in [0.2, 0.25) is 5.02 Å². The summed E-state index contributed by atoms with van der Waals surface area (Å²) in [4.78, 5) is 11.0. The average molecular weight is 239 g/mol. The number of hydrogen-bond donors (Lipinski definition) is 1. The van der Waals surface area contributed by atoms with Crippen LogP contribution in [0.4, 0.5) is 13.2 Å². The topological polar surface area (TPSA) is 37.3 Å². The van der Waals surface area contributed by atoms with Gasteiger partial charge in [0.1, 0.15) is 5.75 Å². The van der Waals surface area contributed by atoms with Crippen molar-refractivity contribution in [2.24, 2.45) is 0 Å². The number of hydrogen-bond acceptors (Lipinski definition) is 2. The smallest absolute Gasteiger partial charge is 0.417 e. The molecular weight excluding hydrogens is 233 g/mol. The van der Waals surface area contributed by atoms with Gasteiger partial charge in [0.05, 0.1) is 16.1 Å². The van der Waals surface area contributed by atoms with Crippen LogP contribution in [0.25, 0.3) is 0 Å². The second-order valence-electron chi connectivity index (χ2n) is 2.88. The van der Waals surface area contributed by atoms with E-state index in [0.717, 1.165) is 13.0 Å². The number of phenolic OH excluding ortho intramolecular Hbond substituents is 1. The van der Waals surface area contributed by atoms with Crippen LogP contribution < -0.4 is 0 Å². The van der Waals surface area contributed by atoms with Gasteiger partial charge in [-0.1, -0.05) is 11.6 Å². The Morgan fingerprint density at radius 1 is 1.40 bits per heavy atom. The molecule has 0 saturated carbocycles. The van der Waals surface area contributed by atoms with Gasteiger partial charge in [-0.15, -0.1) is 0 Å². The van der Waals surface area contributed by atoms with Gasteiger partial charge < -0.3 is 5.11 Å². The minimum atomic E-state index is -4.67. The van der Waals surface area contributed by atoms with E-state index in [1.54, 1.807) is 0 Å². The van der Waals surface area contributed by atoms with Gasteiger partial charge in [0, 0.05) is 0 Å². The van der Waals surface area contributed by atoms with Crippen molar-refractivity contribution in [3.8, 4) is 5.75 Å². The highest BCUT2D eigenvalue weighted by atomic mass is 35.5. The zero-order valence-corrected chi connectivity index (χ0v) is 8.28. The Bertz CT molecular complexity index is 413. The van der Waals surface area contributed by atoms with Gasteiger partial charge in [-0.2, -0.15) is 13.2 Å². The van der Waals surface area contributed by atoms with Crippen molar-refractivity contribution in [2.75, 3.05) is 0 Å². The molecule has 82 valence electrons. The molecule has 0 bridgehead atoms. The first-order chi connectivity index (χ1) is 6.75. The molecule has 0 fully saturated rings. The van der Waals surface area contributed by atoms with Crippen molar-refractivity contribution in [1.29, 1.82) is 0 Å². The molecule has 2 nitrogen and oxygen atoms in total. The highest BCUT2D eigenvalue weighted by Gasteiger charge is 2.36. The van der Waals surface area contributed by atoms with E-state index in [0.29, 0.717) is 6.07 Å². The van der Waals surface area contributed by atoms with Crippen LogP contribution in [0.15, 0.2) is 12.1 Å². The summed E-state index contributed by atoms with van der Waals surface area (Å²) in [6, 6.07) is 1.43. The first-order valence-corrected chi connectivity index (χ1v) is 4.22. The molecule has 1 aromatic carbocycles. The van der Waals surface area contributed by atoms with E-state index in [-0.39, 0.29) is 0 Å². The van der Waals surface area contributed by atoms with Gasteiger partial charge in [-0.25, -0.2) is 0 Å². The Morgan fingerprint density at radius 2 is 1.93 bits per heavy atom. The maximum atomic E-state index is 12.4. The summed E-state index contributed by atoms with van der Waals surface area (Å²) < 4.78 is 37.3. The van der Waals surface area contributed by atoms with Crippen molar-refractivity contribution in [2.45, 2.75) is 13.1 Å². The van der Waals surface area contributed by atoms with Crippen LogP contribution in [0.3, 0.4) is 0 Å². The second kappa shape index (κ2) is 3.73. The third-order valence-corrected chi connectivity index (χ3v) is 2.16. The van der Waals surface area contributed by atoms with Crippen LogP contribution in [0.1, 0.15) is 22.8 Å². The van der Waals surface area contributed by atoms with E-state index in [9.17, 15) is 18.0 Å². The standard InChI is InChI=1S/C9H6ClF3O2/c1-4(14)7-5(9(11,12)13)2-3-6(15)8(7)10/h2-3,15H,1H3. The van der Waals surface area contributed by atoms with E-state index in [4.69, 9.17) is 16.7 Å². The molecule has 0 amide bonds. The minimum Gasteiger partial charge on any atom is -0.506 e. The van der Waals surface area contributed by atoms with Gasteiger partial charge in [0.25, 0.3) is 0 Å². The fourth-order valence-corrected chi connectivity index (χ4v) is 1.44. The first-order valence-electron chi connectivity index (χ1n) is 3.84. The summed E-state index contributed by atoms with van der Waals surface area (Å²) in [6.07, 6.45) is -4.67. The van der Waals surface area contributed by atoms with Crippen LogP contribution >= 0.6 is 11.6 Å². The predicted molar refractivity (Wildman–Crippen MR) is 48.1 cm³/mol. The molecule has 6 heteroatoms. The van der Waals surface area contributed by atoms with E-state index in [1.165, 1.54) is 0 Å². The largest absolute Gasteiger partial charge is 0.506 e. The maximum absolute atomic E-state index is 12.4. The molecule has 1 N–H and O–H groups in total. The normalized spacial score (nSPS) is 11.5. The fourth-order valence-electron chi connectivity index (χ4n) is 1.15. The Labute approximate surface area is 88.3 Å². The van der Waals surface area contributed by atoms with E-state index < -0.39 is 33.9 Å². The number of alkyl halides is 3. The third kappa shape index (κ3) is 2.23. The molecule has 0 saturated heterocycles. The molecule has 1 aromatic rings. The molecule has 15 heavy (non-hydrogen) atoms. The molecule has 0 aromatic heterocycles. The SMILES string of the molecule is CC(=O)c1c(C(F)(F)F)ccc(O)c1Cl. The summed E-state index contributed by atoms with van der Waals surface area (Å²) in [5, 5.41) is 8.52. The number of carbonyl (C=O) groups excluding carboxylic acids is 1. The van der Waals surface area contributed by atoms with Crippen LogP contribution in [0.5, 0.6) is 5.75 Å². The summed E-state index contributed by atoms with van der Waals surface area (Å²) in [6.45, 7) is 0.954. The second-order valence-corrected chi connectivity index (χ2v) is 3.25. The van der Waals surface area contributed by atoms with Crippen molar-refractivity contribution in [3.63, 3.8) is 0 Å². The van der Waals surface area contributed by atoms with E-state index >= 15 is 0 Å². The quantitative estimate of drug-likeness (QED) is 0.763. The number of halogens is 4. The van der Waals surface area contributed by atoms with Gasteiger partial charge in [-0.3, -0.25) is 4.79 Å². The molecule has 0 spiro atoms. The summed E-state index contributed by atoms with van der Waals surface area (Å²) >= 11 is 5.43. The number of rotatable bonds is 1. The number of benzene rings is 1. The molecule has 0 unspecified atom stereocenters. The van der Waals surface area contributed by atoms with Gasteiger partial charge in [0.2, 0.25) is 0 Å². The van der Waals surface area contributed by atoms with Crippen molar-refractivity contribution >= 4 is 17.4 Å². The van der Waals surface area contributed by atoms with E-state index in [1.807, 2.05) is 0 Å². The predicted octanol–water partition coefficient (Wildman–Crippen LogP) is 3.27. The van der Waals surface area contributed by atoms with E-state index in [2.05, 4.69) is 0 Å². The number of aromatic hydroxyl groups is 1. The molecule has 0 radical (unpaired) electrons. The lowest BCUT2D eigenvalue weighted by Gasteiger charge is -2.12.